The second-order valence-corrected chi connectivity index (χ2v) is 3.93. The van der Waals surface area contributed by atoms with Gasteiger partial charge in [-0.25, -0.2) is 9.18 Å². The number of rotatable bonds is 2. The minimum atomic E-state index is -1.69. The predicted molar refractivity (Wildman–Crippen MR) is 44.7 cm³/mol. The first-order valence-electron chi connectivity index (χ1n) is 4.72. The van der Waals surface area contributed by atoms with Crippen LogP contribution in [-0.4, -0.2) is 24.3 Å². The molecule has 0 aromatic rings. The number of hydrogen-bond acceptors (Lipinski definition) is 3. The summed E-state index contributed by atoms with van der Waals surface area (Å²) in [6.07, 6.45) is 1.25. The van der Waals surface area contributed by atoms with Crippen LogP contribution in [0, 0.1) is 11.8 Å². The van der Waals surface area contributed by atoms with Crippen molar-refractivity contribution in [1.82, 2.24) is 0 Å². The minimum Gasteiger partial charge on any atom is -0.464 e. The van der Waals surface area contributed by atoms with Gasteiger partial charge >= 0.3 is 5.97 Å². The summed E-state index contributed by atoms with van der Waals surface area (Å²) in [5, 5.41) is 0. The molecule has 2 aliphatic carbocycles. The Morgan fingerprint density at radius 1 is 1.62 bits per heavy atom. The van der Waals surface area contributed by atoms with E-state index >= 15 is 0 Å². The van der Waals surface area contributed by atoms with Crippen molar-refractivity contribution < 1.29 is 13.9 Å². The molecule has 2 fully saturated rings. The van der Waals surface area contributed by atoms with Crippen molar-refractivity contribution in [3.8, 4) is 0 Å². The summed E-state index contributed by atoms with van der Waals surface area (Å²) in [4.78, 5) is 11.2. The first kappa shape index (κ1) is 8.94. The zero-order chi connectivity index (χ0) is 9.64. The lowest BCUT2D eigenvalue weighted by molar-refractivity contribution is -0.152. The summed E-state index contributed by atoms with van der Waals surface area (Å²) < 4.78 is 18.5. The van der Waals surface area contributed by atoms with Gasteiger partial charge in [-0.05, 0) is 19.8 Å². The van der Waals surface area contributed by atoms with Gasteiger partial charge in [0, 0.05) is 17.9 Å². The maximum atomic E-state index is 13.8. The molecule has 2 rings (SSSR count). The molecular formula is C9H14FNO2. The Bertz CT molecular complexity index is 232. The van der Waals surface area contributed by atoms with Crippen LogP contribution >= 0.6 is 0 Å². The molecule has 13 heavy (non-hydrogen) atoms. The van der Waals surface area contributed by atoms with Crippen molar-refractivity contribution in [2.45, 2.75) is 31.5 Å². The van der Waals surface area contributed by atoms with Crippen LogP contribution in [0.5, 0.6) is 0 Å². The van der Waals surface area contributed by atoms with Gasteiger partial charge in [0.1, 0.15) is 0 Å². The van der Waals surface area contributed by atoms with Crippen molar-refractivity contribution in [3.63, 3.8) is 0 Å². The average Bonchev–Trinajstić information content (AvgIpc) is 2.45. The summed E-state index contributed by atoms with van der Waals surface area (Å²) in [6, 6.07) is 0.0771. The molecule has 2 N–H and O–H groups in total. The Morgan fingerprint density at radius 2 is 2.15 bits per heavy atom. The standard InChI is InChI=1S/C9H14FNO2/c1-2-13-8(12)9(10)6-3-5(11)4-7(6)9/h5-7H,2-4,11H2,1H3/t5?,6-,7+,9?. The highest BCUT2D eigenvalue weighted by molar-refractivity contribution is 5.84. The number of ether oxygens (including phenoxy) is 1. The lowest BCUT2D eigenvalue weighted by atomic mass is 10.1. The van der Waals surface area contributed by atoms with Crippen LogP contribution in [0.4, 0.5) is 4.39 Å². The molecule has 2 aliphatic rings. The van der Waals surface area contributed by atoms with Crippen LogP contribution in [0.15, 0.2) is 0 Å². The third-order valence-corrected chi connectivity index (χ3v) is 3.16. The van der Waals surface area contributed by atoms with Crippen LogP contribution in [0.3, 0.4) is 0 Å². The van der Waals surface area contributed by atoms with Gasteiger partial charge in [-0.1, -0.05) is 0 Å². The predicted octanol–water partition coefficient (Wildman–Crippen LogP) is 0.625. The fraction of sp³-hybridized carbons (Fsp3) is 0.889. The molecule has 0 spiro atoms. The summed E-state index contributed by atoms with van der Waals surface area (Å²) in [5.74, 6) is -1.01. The van der Waals surface area contributed by atoms with E-state index in [2.05, 4.69) is 4.74 Å². The van der Waals surface area contributed by atoms with Gasteiger partial charge in [-0.2, -0.15) is 0 Å². The summed E-state index contributed by atoms with van der Waals surface area (Å²) in [5.41, 5.74) is 3.94. The molecule has 0 radical (unpaired) electrons. The topological polar surface area (TPSA) is 52.3 Å². The third-order valence-electron chi connectivity index (χ3n) is 3.16. The van der Waals surface area contributed by atoms with Crippen molar-refractivity contribution in [3.05, 3.63) is 0 Å². The molecule has 2 saturated carbocycles. The van der Waals surface area contributed by atoms with Crippen LogP contribution < -0.4 is 5.73 Å². The van der Waals surface area contributed by atoms with E-state index in [1.54, 1.807) is 6.92 Å². The fourth-order valence-corrected chi connectivity index (χ4v) is 2.46. The number of halogens is 1. The molecule has 0 aliphatic heterocycles. The van der Waals surface area contributed by atoms with Crippen LogP contribution in [0.2, 0.25) is 0 Å². The van der Waals surface area contributed by atoms with Gasteiger partial charge in [-0.15, -0.1) is 0 Å². The second kappa shape index (κ2) is 2.67. The van der Waals surface area contributed by atoms with E-state index < -0.39 is 11.6 Å². The highest BCUT2D eigenvalue weighted by Crippen LogP contribution is 2.63. The van der Waals surface area contributed by atoms with Gasteiger partial charge in [0.2, 0.25) is 5.67 Å². The molecule has 4 atom stereocenters. The number of alkyl halides is 1. The number of hydrogen-bond donors (Lipinski definition) is 1. The highest BCUT2D eigenvalue weighted by atomic mass is 19.1. The Hall–Kier alpha value is -0.640. The smallest absolute Gasteiger partial charge is 0.344 e. The highest BCUT2D eigenvalue weighted by Gasteiger charge is 2.74. The average molecular weight is 187 g/mol. The first-order chi connectivity index (χ1) is 6.10. The quantitative estimate of drug-likeness (QED) is 0.645. The Kier molecular flexibility index (Phi) is 1.84. The normalized spacial score (nSPS) is 47.2. The van der Waals surface area contributed by atoms with Crippen molar-refractivity contribution in [1.29, 1.82) is 0 Å². The number of nitrogens with two attached hydrogens (primary N) is 1. The molecule has 0 aromatic heterocycles. The van der Waals surface area contributed by atoms with E-state index in [0.29, 0.717) is 12.8 Å². The van der Waals surface area contributed by atoms with Crippen LogP contribution in [0.1, 0.15) is 19.8 Å². The number of carbonyl (C=O) groups excluding carboxylic acids is 1. The molecule has 0 aromatic carbocycles. The Balaban J connectivity index is 1.99. The molecule has 3 nitrogen and oxygen atoms in total. The summed E-state index contributed by atoms with van der Waals surface area (Å²) in [7, 11) is 0. The molecule has 74 valence electrons. The van der Waals surface area contributed by atoms with E-state index in [-0.39, 0.29) is 24.5 Å². The van der Waals surface area contributed by atoms with Crippen molar-refractivity contribution >= 4 is 5.97 Å². The van der Waals surface area contributed by atoms with Crippen molar-refractivity contribution in [2.24, 2.45) is 17.6 Å². The lowest BCUT2D eigenvalue weighted by Crippen LogP contribution is -2.30. The number of fused-ring (bicyclic) bond motifs is 1. The van der Waals surface area contributed by atoms with Gasteiger partial charge in [-0.3, -0.25) is 0 Å². The zero-order valence-corrected chi connectivity index (χ0v) is 7.63. The molecular weight excluding hydrogens is 173 g/mol. The second-order valence-electron chi connectivity index (χ2n) is 3.93. The third kappa shape index (κ3) is 1.08. The first-order valence-corrected chi connectivity index (χ1v) is 4.72. The van der Waals surface area contributed by atoms with Crippen molar-refractivity contribution in [2.75, 3.05) is 6.61 Å². The van der Waals surface area contributed by atoms with E-state index in [9.17, 15) is 9.18 Å². The molecule has 0 heterocycles. The van der Waals surface area contributed by atoms with Gasteiger partial charge in [0.25, 0.3) is 0 Å². The maximum Gasteiger partial charge on any atom is 0.344 e. The monoisotopic (exact) mass is 187 g/mol. The van der Waals surface area contributed by atoms with Crippen LogP contribution in [-0.2, 0) is 9.53 Å². The van der Waals surface area contributed by atoms with Gasteiger partial charge < -0.3 is 10.5 Å². The number of esters is 1. The molecule has 0 bridgehead atoms. The Labute approximate surface area is 76.4 Å². The van der Waals surface area contributed by atoms with E-state index in [4.69, 9.17) is 5.73 Å². The zero-order valence-electron chi connectivity index (χ0n) is 7.63. The minimum absolute atomic E-state index is 0.0771. The fourth-order valence-electron chi connectivity index (χ4n) is 2.46. The summed E-state index contributed by atoms with van der Waals surface area (Å²) in [6.45, 7) is 1.93. The largest absolute Gasteiger partial charge is 0.464 e. The van der Waals surface area contributed by atoms with E-state index in [1.807, 2.05) is 0 Å². The SMILES string of the molecule is CCOC(=O)C1(F)[C@@H]2CC(N)C[C@@H]21. The molecule has 0 saturated heterocycles. The molecule has 2 unspecified atom stereocenters. The van der Waals surface area contributed by atoms with Gasteiger partial charge in [0.05, 0.1) is 6.61 Å². The maximum absolute atomic E-state index is 13.8. The van der Waals surface area contributed by atoms with Crippen LogP contribution in [0.25, 0.3) is 0 Å². The molecule has 0 amide bonds. The van der Waals surface area contributed by atoms with E-state index in [0.717, 1.165) is 0 Å². The lowest BCUT2D eigenvalue weighted by Gasteiger charge is -2.13. The van der Waals surface area contributed by atoms with Gasteiger partial charge in [0.15, 0.2) is 0 Å². The Morgan fingerprint density at radius 3 is 2.62 bits per heavy atom. The number of carbonyl (C=O) groups is 1. The summed E-state index contributed by atoms with van der Waals surface area (Å²) >= 11 is 0. The molecule has 4 heteroatoms. The van der Waals surface area contributed by atoms with E-state index in [1.165, 1.54) is 0 Å².